The number of carbonyl (C=O) groups excluding carboxylic acids is 1. The maximum atomic E-state index is 12.0. The van der Waals surface area contributed by atoms with E-state index in [1.54, 1.807) is 13.8 Å². The van der Waals surface area contributed by atoms with Gasteiger partial charge in [-0.25, -0.2) is 4.79 Å². The molecule has 1 aliphatic rings. The molecule has 0 radical (unpaired) electrons. The topological polar surface area (TPSA) is 189 Å². The number of hydrogen-bond donors (Lipinski definition) is 8. The summed E-state index contributed by atoms with van der Waals surface area (Å²) in [5.74, 6) is 0.292. The number of rotatable bonds is 11. The molecule has 212 valence electrons. The van der Waals surface area contributed by atoms with Crippen LogP contribution in [0.15, 0.2) is 24.3 Å². The van der Waals surface area contributed by atoms with Crippen molar-refractivity contribution >= 4 is 6.03 Å². The van der Waals surface area contributed by atoms with Crippen molar-refractivity contribution in [3.63, 3.8) is 0 Å². The second-order valence-corrected chi connectivity index (χ2v) is 10.6. The summed E-state index contributed by atoms with van der Waals surface area (Å²) in [6.07, 6.45) is -5.88. The molecule has 1 aromatic heterocycles. The Labute approximate surface area is 222 Å². The Hall–Kier alpha value is -2.74. The van der Waals surface area contributed by atoms with Crippen LogP contribution >= 0.6 is 0 Å². The standard InChI is InChI=1S/C26H40N4O8/c1-14(2)19-17(23(30-29-19)38-24-22(35)21(34)20(33)18(12-31)37-24)11-16-7-5-15(6-8-16)9-10-27-25(36)28-26(3,4)13-32/h5-8,14,18,20-22,24,31-35H,9-13H2,1-4H3,(H,29,30)(H2,27,28,36)/t18-,20-,21+,22-,24+/m1/s1. The highest BCUT2D eigenvalue weighted by atomic mass is 16.7. The SMILES string of the molecule is CC(C)c1[nH]nc(O[C@@H]2O[C@H](CO)[C@@H](O)[C@H](O)[C@H]2O)c1Cc1ccc(CCNC(=O)NC(C)(C)CO)cc1. The van der Waals surface area contributed by atoms with Crippen LogP contribution in [0.5, 0.6) is 5.88 Å². The Balaban J connectivity index is 1.65. The minimum atomic E-state index is -1.55. The second kappa shape index (κ2) is 12.9. The van der Waals surface area contributed by atoms with Crippen LogP contribution in [0.4, 0.5) is 4.79 Å². The number of carbonyl (C=O) groups is 1. The van der Waals surface area contributed by atoms with E-state index in [-0.39, 0.29) is 24.4 Å². The van der Waals surface area contributed by atoms with Crippen LogP contribution in [0.2, 0.25) is 0 Å². The summed E-state index contributed by atoms with van der Waals surface area (Å²) in [6.45, 7) is 7.19. The highest BCUT2D eigenvalue weighted by molar-refractivity contribution is 5.74. The van der Waals surface area contributed by atoms with Crippen LogP contribution in [-0.2, 0) is 17.6 Å². The van der Waals surface area contributed by atoms with Gasteiger partial charge < -0.3 is 45.6 Å². The van der Waals surface area contributed by atoms with E-state index >= 15 is 0 Å². The van der Waals surface area contributed by atoms with E-state index in [0.29, 0.717) is 19.4 Å². The van der Waals surface area contributed by atoms with Crippen molar-refractivity contribution in [2.75, 3.05) is 19.8 Å². The fourth-order valence-corrected chi connectivity index (χ4v) is 4.12. The predicted molar refractivity (Wildman–Crippen MR) is 138 cm³/mol. The van der Waals surface area contributed by atoms with Crippen LogP contribution in [0.3, 0.4) is 0 Å². The van der Waals surface area contributed by atoms with E-state index in [4.69, 9.17) is 9.47 Å². The minimum absolute atomic E-state index is 0.0944. The first kappa shape index (κ1) is 29.8. The zero-order chi connectivity index (χ0) is 28.0. The molecule has 0 saturated carbocycles. The van der Waals surface area contributed by atoms with E-state index in [2.05, 4.69) is 20.8 Å². The maximum Gasteiger partial charge on any atom is 0.315 e. The van der Waals surface area contributed by atoms with Crippen LogP contribution in [-0.4, -0.2) is 97.8 Å². The first-order valence-electron chi connectivity index (χ1n) is 12.7. The number of aliphatic hydroxyl groups is 5. The fraction of sp³-hybridized carbons (Fsp3) is 0.615. The van der Waals surface area contributed by atoms with Gasteiger partial charge in [0.25, 0.3) is 0 Å². The zero-order valence-corrected chi connectivity index (χ0v) is 22.2. The number of aromatic nitrogens is 2. The zero-order valence-electron chi connectivity index (χ0n) is 22.2. The van der Waals surface area contributed by atoms with Crippen molar-refractivity contribution in [3.8, 4) is 5.88 Å². The average molecular weight is 537 g/mol. The Kier molecular flexibility index (Phi) is 10.1. The molecule has 3 rings (SSSR count). The summed E-state index contributed by atoms with van der Waals surface area (Å²) in [6, 6.07) is 7.55. The van der Waals surface area contributed by atoms with Crippen LogP contribution in [0.25, 0.3) is 0 Å². The monoisotopic (exact) mass is 536 g/mol. The second-order valence-electron chi connectivity index (χ2n) is 10.6. The first-order valence-corrected chi connectivity index (χ1v) is 12.7. The lowest BCUT2D eigenvalue weighted by Gasteiger charge is -2.39. The maximum absolute atomic E-state index is 12.0. The Morgan fingerprint density at radius 3 is 2.37 bits per heavy atom. The predicted octanol–water partition coefficient (Wildman–Crippen LogP) is -0.0848. The molecule has 0 bridgehead atoms. The Morgan fingerprint density at radius 1 is 1.11 bits per heavy atom. The molecule has 38 heavy (non-hydrogen) atoms. The summed E-state index contributed by atoms with van der Waals surface area (Å²) in [5, 5.41) is 61.9. The molecular weight excluding hydrogens is 496 g/mol. The molecule has 2 heterocycles. The van der Waals surface area contributed by atoms with Crippen molar-refractivity contribution in [1.29, 1.82) is 0 Å². The van der Waals surface area contributed by atoms with Crippen molar-refractivity contribution < 1.29 is 39.8 Å². The van der Waals surface area contributed by atoms with Gasteiger partial charge in [-0.2, -0.15) is 0 Å². The van der Waals surface area contributed by atoms with Gasteiger partial charge in [-0.3, -0.25) is 5.10 Å². The fourth-order valence-electron chi connectivity index (χ4n) is 4.12. The number of nitrogens with one attached hydrogen (secondary N) is 3. The average Bonchev–Trinajstić information content (AvgIpc) is 3.27. The third-order valence-corrected chi connectivity index (χ3v) is 6.47. The number of H-pyrrole nitrogens is 1. The van der Waals surface area contributed by atoms with E-state index in [1.165, 1.54) is 0 Å². The first-order chi connectivity index (χ1) is 18.0. The molecule has 2 amide bonds. The lowest BCUT2D eigenvalue weighted by Crippen LogP contribution is -2.60. The molecule has 12 heteroatoms. The van der Waals surface area contributed by atoms with Gasteiger partial charge in [0.15, 0.2) is 0 Å². The quantitative estimate of drug-likeness (QED) is 0.194. The lowest BCUT2D eigenvalue weighted by atomic mass is 9.98. The van der Waals surface area contributed by atoms with Crippen molar-refractivity contribution in [2.45, 2.75) is 82.7 Å². The van der Waals surface area contributed by atoms with Gasteiger partial charge >= 0.3 is 6.03 Å². The third-order valence-electron chi connectivity index (χ3n) is 6.47. The van der Waals surface area contributed by atoms with Crippen LogP contribution < -0.4 is 15.4 Å². The number of ether oxygens (including phenoxy) is 2. The number of hydrogen-bond acceptors (Lipinski definition) is 9. The van der Waals surface area contributed by atoms with Gasteiger partial charge in [0.2, 0.25) is 12.2 Å². The molecule has 1 saturated heterocycles. The number of aromatic amines is 1. The van der Waals surface area contributed by atoms with E-state index in [0.717, 1.165) is 22.4 Å². The summed E-state index contributed by atoms with van der Waals surface area (Å²) >= 11 is 0. The molecule has 8 N–H and O–H groups in total. The number of benzene rings is 1. The van der Waals surface area contributed by atoms with Gasteiger partial charge in [0.05, 0.1) is 18.8 Å². The van der Waals surface area contributed by atoms with Gasteiger partial charge in [0, 0.05) is 24.2 Å². The normalized spacial score (nSPS) is 23.9. The number of urea groups is 1. The van der Waals surface area contributed by atoms with Crippen molar-refractivity contribution in [2.24, 2.45) is 0 Å². The van der Waals surface area contributed by atoms with E-state index in [1.807, 2.05) is 38.1 Å². The smallest absolute Gasteiger partial charge is 0.315 e. The largest absolute Gasteiger partial charge is 0.443 e. The highest BCUT2D eigenvalue weighted by Crippen LogP contribution is 2.31. The molecule has 1 aromatic carbocycles. The Bertz CT molecular complexity index is 1040. The lowest BCUT2D eigenvalue weighted by molar-refractivity contribution is -0.278. The molecule has 0 aliphatic carbocycles. The molecule has 5 atom stereocenters. The van der Waals surface area contributed by atoms with Crippen molar-refractivity contribution in [3.05, 3.63) is 46.6 Å². The van der Waals surface area contributed by atoms with E-state index in [9.17, 15) is 30.3 Å². The summed E-state index contributed by atoms with van der Waals surface area (Å²) < 4.78 is 11.3. The van der Waals surface area contributed by atoms with Gasteiger partial charge in [0.1, 0.15) is 24.4 Å². The van der Waals surface area contributed by atoms with E-state index < -0.39 is 42.9 Å². The van der Waals surface area contributed by atoms with Gasteiger partial charge in [-0.05, 0) is 37.3 Å². The third kappa shape index (κ3) is 7.43. The number of amides is 2. The Morgan fingerprint density at radius 2 is 1.76 bits per heavy atom. The van der Waals surface area contributed by atoms with Crippen LogP contribution in [0.1, 0.15) is 56.0 Å². The molecule has 1 fully saturated rings. The summed E-state index contributed by atoms with van der Waals surface area (Å²) in [7, 11) is 0. The molecule has 0 unspecified atom stereocenters. The van der Waals surface area contributed by atoms with Crippen LogP contribution in [0, 0.1) is 0 Å². The number of aliphatic hydroxyl groups excluding tert-OH is 5. The molecule has 1 aliphatic heterocycles. The highest BCUT2D eigenvalue weighted by Gasteiger charge is 2.45. The summed E-state index contributed by atoms with van der Waals surface area (Å²) in [5.41, 5.74) is 2.92. The number of nitrogens with zero attached hydrogens (tertiary/aromatic N) is 1. The minimum Gasteiger partial charge on any atom is -0.443 e. The summed E-state index contributed by atoms with van der Waals surface area (Å²) in [4.78, 5) is 12.0. The van der Waals surface area contributed by atoms with Gasteiger partial charge in [-0.1, -0.05) is 38.1 Å². The molecule has 2 aromatic rings. The molecule has 12 nitrogen and oxygen atoms in total. The van der Waals surface area contributed by atoms with Crippen molar-refractivity contribution in [1.82, 2.24) is 20.8 Å². The molecule has 0 spiro atoms. The molecular formula is C26H40N4O8. The van der Waals surface area contributed by atoms with Gasteiger partial charge in [-0.15, -0.1) is 5.10 Å².